The third-order valence-corrected chi connectivity index (χ3v) is 5.50. The van der Waals surface area contributed by atoms with Gasteiger partial charge in [0.25, 0.3) is 0 Å². The summed E-state index contributed by atoms with van der Waals surface area (Å²) in [7, 11) is 1.49. The zero-order chi connectivity index (χ0) is 18.5. The van der Waals surface area contributed by atoms with Crippen LogP contribution in [0.2, 0.25) is 0 Å². The molecule has 1 aromatic carbocycles. The normalized spacial score (nSPS) is 20.8. The molecule has 1 aliphatic carbocycles. The van der Waals surface area contributed by atoms with Crippen LogP contribution < -0.4 is 10.1 Å². The van der Waals surface area contributed by atoms with E-state index in [0.717, 1.165) is 44.1 Å². The number of carbonyl (C=O) groups is 2. The lowest BCUT2D eigenvalue weighted by atomic mass is 9.88. The quantitative estimate of drug-likeness (QED) is 0.846. The first-order chi connectivity index (χ1) is 12.6. The van der Waals surface area contributed by atoms with Crippen molar-refractivity contribution in [1.29, 1.82) is 0 Å². The highest BCUT2D eigenvalue weighted by Crippen LogP contribution is 2.29. The first-order valence-electron chi connectivity index (χ1n) is 9.54. The van der Waals surface area contributed by atoms with E-state index in [4.69, 9.17) is 4.74 Å². The lowest BCUT2D eigenvalue weighted by Crippen LogP contribution is -2.47. The van der Waals surface area contributed by atoms with Gasteiger partial charge in [0.05, 0.1) is 7.11 Å². The van der Waals surface area contributed by atoms with Crippen LogP contribution in [0.5, 0.6) is 11.5 Å². The molecule has 2 fully saturated rings. The van der Waals surface area contributed by atoms with Gasteiger partial charge in [-0.3, -0.25) is 9.59 Å². The first-order valence-corrected chi connectivity index (χ1v) is 9.54. The van der Waals surface area contributed by atoms with E-state index in [1.165, 1.54) is 13.5 Å². The number of aromatic hydroxyl groups is 1. The van der Waals surface area contributed by atoms with Crippen LogP contribution in [-0.4, -0.2) is 41.5 Å². The number of hydrogen-bond donors (Lipinski definition) is 2. The molecule has 2 amide bonds. The number of phenolic OH excluding ortho intramolecular Hbond substituents is 1. The second-order valence-corrected chi connectivity index (χ2v) is 7.25. The summed E-state index contributed by atoms with van der Waals surface area (Å²) in [5, 5.41) is 12.6. The predicted molar refractivity (Wildman–Crippen MR) is 97.8 cm³/mol. The largest absolute Gasteiger partial charge is 0.504 e. The van der Waals surface area contributed by atoms with Gasteiger partial charge >= 0.3 is 0 Å². The van der Waals surface area contributed by atoms with Crippen molar-refractivity contribution in [1.82, 2.24) is 10.2 Å². The number of nitrogens with zero attached hydrogens (tertiary/aromatic N) is 1. The molecule has 142 valence electrons. The smallest absolute Gasteiger partial charge is 0.243 e. The summed E-state index contributed by atoms with van der Waals surface area (Å²) < 4.78 is 5.09. The Morgan fingerprint density at radius 2 is 1.96 bits per heavy atom. The fraction of sp³-hybridized carbons (Fsp3) is 0.600. The van der Waals surface area contributed by atoms with E-state index in [0.29, 0.717) is 18.8 Å². The summed E-state index contributed by atoms with van der Waals surface area (Å²) >= 11 is 0. The lowest BCUT2D eigenvalue weighted by molar-refractivity contribution is -0.142. The van der Waals surface area contributed by atoms with E-state index in [-0.39, 0.29) is 29.5 Å². The molecule has 1 atom stereocenters. The van der Waals surface area contributed by atoms with Gasteiger partial charge in [-0.15, -0.1) is 0 Å². The topological polar surface area (TPSA) is 78.9 Å². The fourth-order valence-corrected chi connectivity index (χ4v) is 4.03. The Morgan fingerprint density at radius 3 is 2.69 bits per heavy atom. The molecule has 1 saturated heterocycles. The highest BCUT2D eigenvalue weighted by Gasteiger charge is 2.37. The number of nitrogens with one attached hydrogen (secondary N) is 1. The zero-order valence-corrected chi connectivity index (χ0v) is 15.4. The standard InChI is InChI=1S/C20H28N2O4/c1-26-18-12-14(9-10-17(18)23)13-21-19(24)16-8-5-11-22(16)20(25)15-6-3-2-4-7-15/h9-10,12,15-16,23H,2-8,11,13H2,1H3,(H,21,24). The van der Waals surface area contributed by atoms with Gasteiger partial charge in [-0.25, -0.2) is 0 Å². The third kappa shape index (κ3) is 4.11. The summed E-state index contributed by atoms with van der Waals surface area (Å²) in [6, 6.07) is 4.64. The molecule has 1 heterocycles. The number of ether oxygens (including phenoxy) is 1. The van der Waals surface area contributed by atoms with Crippen molar-refractivity contribution in [2.24, 2.45) is 5.92 Å². The average Bonchev–Trinajstić information content (AvgIpc) is 3.17. The van der Waals surface area contributed by atoms with Gasteiger partial charge in [-0.2, -0.15) is 0 Å². The molecule has 2 N–H and O–H groups in total. The van der Waals surface area contributed by atoms with Crippen LogP contribution in [0.15, 0.2) is 18.2 Å². The predicted octanol–water partition coefficient (Wildman–Crippen LogP) is 2.59. The van der Waals surface area contributed by atoms with Crippen molar-refractivity contribution in [3.63, 3.8) is 0 Å². The number of hydrogen-bond acceptors (Lipinski definition) is 4. The van der Waals surface area contributed by atoms with Gasteiger partial charge in [0.15, 0.2) is 11.5 Å². The number of phenols is 1. The van der Waals surface area contributed by atoms with E-state index < -0.39 is 0 Å². The maximum absolute atomic E-state index is 12.8. The monoisotopic (exact) mass is 360 g/mol. The number of likely N-dealkylation sites (tertiary alicyclic amines) is 1. The van der Waals surface area contributed by atoms with Gasteiger partial charge in [-0.05, 0) is 43.4 Å². The molecule has 1 unspecified atom stereocenters. The Kier molecular flexibility index (Phi) is 6.01. The molecule has 2 aliphatic rings. The molecular weight excluding hydrogens is 332 g/mol. The molecule has 0 aromatic heterocycles. The summed E-state index contributed by atoms with van der Waals surface area (Å²) in [5.41, 5.74) is 0.844. The summed E-state index contributed by atoms with van der Waals surface area (Å²) in [6.45, 7) is 1.03. The van der Waals surface area contributed by atoms with Crippen molar-refractivity contribution in [2.75, 3.05) is 13.7 Å². The number of methoxy groups -OCH3 is 1. The second kappa shape index (κ2) is 8.43. The Bertz CT molecular complexity index is 655. The number of carbonyl (C=O) groups excluding carboxylic acids is 2. The van der Waals surface area contributed by atoms with Crippen LogP contribution in [0.3, 0.4) is 0 Å². The second-order valence-electron chi connectivity index (χ2n) is 7.25. The third-order valence-electron chi connectivity index (χ3n) is 5.50. The Balaban J connectivity index is 1.58. The summed E-state index contributed by atoms with van der Waals surface area (Å²) in [4.78, 5) is 27.3. The van der Waals surface area contributed by atoms with Crippen LogP contribution in [-0.2, 0) is 16.1 Å². The lowest BCUT2D eigenvalue weighted by Gasteiger charge is -2.30. The van der Waals surface area contributed by atoms with Crippen LogP contribution in [0.4, 0.5) is 0 Å². The molecule has 0 spiro atoms. The number of benzene rings is 1. The number of rotatable bonds is 5. The Labute approximate surface area is 154 Å². The fourth-order valence-electron chi connectivity index (χ4n) is 4.03. The molecule has 26 heavy (non-hydrogen) atoms. The minimum Gasteiger partial charge on any atom is -0.504 e. The van der Waals surface area contributed by atoms with Crippen molar-refractivity contribution < 1.29 is 19.4 Å². The summed E-state index contributed by atoms with van der Waals surface area (Å²) in [6.07, 6.45) is 6.96. The summed E-state index contributed by atoms with van der Waals surface area (Å²) in [5.74, 6) is 0.611. The van der Waals surface area contributed by atoms with Crippen molar-refractivity contribution in [3.8, 4) is 11.5 Å². The molecule has 1 aromatic rings. The van der Waals surface area contributed by atoms with E-state index in [9.17, 15) is 14.7 Å². The minimum atomic E-state index is -0.358. The molecule has 1 saturated carbocycles. The van der Waals surface area contributed by atoms with Crippen LogP contribution in [0.1, 0.15) is 50.5 Å². The van der Waals surface area contributed by atoms with Gasteiger partial charge in [-0.1, -0.05) is 25.3 Å². The van der Waals surface area contributed by atoms with E-state index in [2.05, 4.69) is 5.32 Å². The van der Waals surface area contributed by atoms with Crippen LogP contribution in [0.25, 0.3) is 0 Å². The minimum absolute atomic E-state index is 0.0719. The molecule has 6 heteroatoms. The number of amides is 2. The van der Waals surface area contributed by atoms with Crippen LogP contribution in [0, 0.1) is 5.92 Å². The Hall–Kier alpha value is -2.24. The molecule has 0 bridgehead atoms. The van der Waals surface area contributed by atoms with Gasteiger partial charge in [0.1, 0.15) is 6.04 Å². The molecule has 0 radical (unpaired) electrons. The van der Waals surface area contributed by atoms with E-state index >= 15 is 0 Å². The first kappa shape index (κ1) is 18.5. The zero-order valence-electron chi connectivity index (χ0n) is 15.4. The van der Waals surface area contributed by atoms with Crippen molar-refractivity contribution in [3.05, 3.63) is 23.8 Å². The highest BCUT2D eigenvalue weighted by atomic mass is 16.5. The van der Waals surface area contributed by atoms with Gasteiger partial charge in [0, 0.05) is 19.0 Å². The maximum atomic E-state index is 12.8. The van der Waals surface area contributed by atoms with Crippen molar-refractivity contribution in [2.45, 2.75) is 57.5 Å². The average molecular weight is 360 g/mol. The van der Waals surface area contributed by atoms with Crippen molar-refractivity contribution >= 4 is 11.8 Å². The molecule has 1 aliphatic heterocycles. The van der Waals surface area contributed by atoms with Crippen LogP contribution >= 0.6 is 0 Å². The van der Waals surface area contributed by atoms with E-state index in [1.807, 2.05) is 0 Å². The SMILES string of the molecule is COc1cc(CNC(=O)C2CCCN2C(=O)C2CCCCC2)ccc1O. The Morgan fingerprint density at radius 1 is 1.19 bits per heavy atom. The highest BCUT2D eigenvalue weighted by molar-refractivity contribution is 5.89. The van der Waals surface area contributed by atoms with Gasteiger partial charge < -0.3 is 20.1 Å². The molecule has 3 rings (SSSR count). The maximum Gasteiger partial charge on any atom is 0.243 e. The van der Waals surface area contributed by atoms with Gasteiger partial charge in [0.2, 0.25) is 11.8 Å². The molecular formula is C20H28N2O4. The van der Waals surface area contributed by atoms with E-state index in [1.54, 1.807) is 23.1 Å². The molecule has 6 nitrogen and oxygen atoms in total.